The van der Waals surface area contributed by atoms with E-state index in [1.54, 1.807) is 0 Å². The van der Waals surface area contributed by atoms with Gasteiger partial charge in [-0.2, -0.15) is 0 Å². The molecule has 1 N–H and O–H groups in total. The molecule has 2 aliphatic rings. The number of Topliss-reactive ketones (excluding diaryl/α,β-unsaturated/α-hetero) is 1. The molecule has 0 atom stereocenters. The Morgan fingerprint density at radius 2 is 1.62 bits per heavy atom. The topological polar surface area (TPSA) is 82.1 Å². The van der Waals surface area contributed by atoms with Crippen LogP contribution in [0.4, 0.5) is 0 Å². The number of aliphatic hydroxyl groups is 1. The molecule has 0 bridgehead atoms. The third-order valence-electron chi connectivity index (χ3n) is 6.29. The molecule has 1 aliphatic heterocycles. The van der Waals surface area contributed by atoms with E-state index in [0.717, 1.165) is 16.7 Å². The van der Waals surface area contributed by atoms with Gasteiger partial charge in [0.2, 0.25) is 0 Å². The van der Waals surface area contributed by atoms with E-state index in [2.05, 4.69) is 12.1 Å². The molecule has 1 spiro atoms. The van der Waals surface area contributed by atoms with Gasteiger partial charge in [0.1, 0.15) is 12.4 Å². The zero-order valence-electron chi connectivity index (χ0n) is 17.7. The molecular weight excluding hydrogens is 372 g/mol. The number of ether oxygens (including phenoxy) is 3. The monoisotopic (exact) mass is 404 g/mol. The van der Waals surface area contributed by atoms with Crippen molar-refractivity contribution in [3.8, 4) is 0 Å². The molecule has 0 aromatic heterocycles. The first-order chi connectivity index (χ1) is 13.8. The van der Waals surface area contributed by atoms with E-state index in [1.165, 1.54) is 5.56 Å². The highest BCUT2D eigenvalue weighted by Gasteiger charge is 2.51. The first-order valence-corrected chi connectivity index (χ1v) is 10.4. The first kappa shape index (κ1) is 21.9. The third kappa shape index (κ3) is 4.87. The second kappa shape index (κ2) is 8.94. The second-order valence-corrected chi connectivity index (χ2v) is 8.52. The lowest BCUT2D eigenvalue weighted by molar-refractivity contribution is -0.200. The predicted octanol–water partition coefficient (Wildman–Crippen LogP) is 2.95. The molecule has 6 heteroatoms. The smallest absolute Gasteiger partial charge is 0.312 e. The predicted molar refractivity (Wildman–Crippen MR) is 108 cm³/mol. The summed E-state index contributed by atoms with van der Waals surface area (Å²) in [5.41, 5.74) is 3.54. The van der Waals surface area contributed by atoms with Crippen molar-refractivity contribution in [3.05, 3.63) is 34.4 Å². The molecule has 1 aliphatic carbocycles. The molecule has 1 saturated carbocycles. The number of hydrogen-bond acceptors (Lipinski definition) is 6. The second-order valence-electron chi connectivity index (χ2n) is 8.52. The highest BCUT2D eigenvalue weighted by Crippen LogP contribution is 2.47. The number of hydrogen-bond donors (Lipinski definition) is 1. The Bertz CT molecular complexity index is 730. The van der Waals surface area contributed by atoms with E-state index in [4.69, 9.17) is 19.3 Å². The summed E-state index contributed by atoms with van der Waals surface area (Å²) >= 11 is 0. The van der Waals surface area contributed by atoms with Crippen LogP contribution in [0.1, 0.15) is 54.4 Å². The number of carbonyl (C=O) groups is 2. The number of esters is 1. The lowest BCUT2D eigenvalue weighted by Crippen LogP contribution is -2.45. The normalized spacial score (nSPS) is 20.0. The van der Waals surface area contributed by atoms with Gasteiger partial charge in [0.25, 0.3) is 0 Å². The molecule has 2 fully saturated rings. The van der Waals surface area contributed by atoms with Gasteiger partial charge < -0.3 is 19.3 Å². The fraction of sp³-hybridized carbons (Fsp3) is 0.652. The summed E-state index contributed by atoms with van der Waals surface area (Å²) in [5.74, 6) is -0.983. The van der Waals surface area contributed by atoms with Crippen LogP contribution in [0.2, 0.25) is 0 Å². The Hall–Kier alpha value is -1.76. The summed E-state index contributed by atoms with van der Waals surface area (Å²) in [6, 6.07) is 4.17. The Balaban J connectivity index is 1.75. The Morgan fingerprint density at radius 1 is 1.03 bits per heavy atom. The SMILES string of the molecule is Cc1cc(C)c(CC(=O)CC2(C(=O)OCCO)CCC3(CC2)OCCO3)c(C)c1. The molecule has 0 radical (unpaired) electrons. The van der Waals surface area contributed by atoms with Crippen LogP contribution in [0.25, 0.3) is 0 Å². The molecule has 0 amide bonds. The number of aliphatic hydroxyl groups excluding tert-OH is 1. The third-order valence-corrected chi connectivity index (χ3v) is 6.29. The van der Waals surface area contributed by atoms with E-state index < -0.39 is 17.2 Å². The Labute approximate surface area is 172 Å². The van der Waals surface area contributed by atoms with Crippen molar-refractivity contribution in [2.75, 3.05) is 26.4 Å². The number of aryl methyl sites for hydroxylation is 3. The first-order valence-electron chi connectivity index (χ1n) is 10.4. The zero-order chi connectivity index (χ0) is 21.1. The summed E-state index contributed by atoms with van der Waals surface area (Å²) in [4.78, 5) is 25.9. The molecule has 29 heavy (non-hydrogen) atoms. The molecule has 0 unspecified atom stereocenters. The minimum atomic E-state index is -0.876. The average Bonchev–Trinajstić information content (AvgIpc) is 3.13. The van der Waals surface area contributed by atoms with Crippen molar-refractivity contribution in [3.63, 3.8) is 0 Å². The fourth-order valence-electron chi connectivity index (χ4n) is 4.77. The standard InChI is InChI=1S/C23H32O6/c1-16-12-17(2)20(18(3)13-16)14-19(25)15-22(21(26)27-9-8-24)4-6-23(7-5-22)28-10-11-29-23/h12-13,24H,4-11,14-15H2,1-3H3. The highest BCUT2D eigenvalue weighted by molar-refractivity contribution is 5.88. The van der Waals surface area contributed by atoms with Gasteiger partial charge in [0, 0.05) is 25.7 Å². The molecule has 6 nitrogen and oxygen atoms in total. The molecule has 3 rings (SSSR count). The van der Waals surface area contributed by atoms with Crippen LogP contribution < -0.4 is 0 Å². The number of ketones is 1. The van der Waals surface area contributed by atoms with Crippen LogP contribution in [-0.4, -0.2) is 49.1 Å². The van der Waals surface area contributed by atoms with Crippen LogP contribution in [0, 0.1) is 26.2 Å². The summed E-state index contributed by atoms with van der Waals surface area (Å²) in [6.07, 6.45) is 2.54. The molecule has 1 saturated heterocycles. The van der Waals surface area contributed by atoms with Crippen molar-refractivity contribution in [2.24, 2.45) is 5.41 Å². The van der Waals surface area contributed by atoms with Crippen LogP contribution in [0.5, 0.6) is 0 Å². The Kier molecular flexibility index (Phi) is 6.76. The van der Waals surface area contributed by atoms with Gasteiger partial charge in [0.15, 0.2) is 5.79 Å². The minimum Gasteiger partial charge on any atom is -0.463 e. The van der Waals surface area contributed by atoms with Crippen LogP contribution in [0.15, 0.2) is 12.1 Å². The highest BCUT2D eigenvalue weighted by atomic mass is 16.7. The van der Waals surface area contributed by atoms with Gasteiger partial charge >= 0.3 is 5.97 Å². The molecular formula is C23H32O6. The molecule has 1 heterocycles. The average molecular weight is 405 g/mol. The van der Waals surface area contributed by atoms with Crippen molar-refractivity contribution >= 4 is 11.8 Å². The minimum absolute atomic E-state index is 0.0326. The largest absolute Gasteiger partial charge is 0.463 e. The van der Waals surface area contributed by atoms with Gasteiger partial charge in [-0.25, -0.2) is 0 Å². The van der Waals surface area contributed by atoms with E-state index >= 15 is 0 Å². The van der Waals surface area contributed by atoms with E-state index in [0.29, 0.717) is 45.3 Å². The molecule has 1 aromatic carbocycles. The van der Waals surface area contributed by atoms with Crippen molar-refractivity contribution in [1.29, 1.82) is 0 Å². The fourth-order valence-corrected chi connectivity index (χ4v) is 4.77. The van der Waals surface area contributed by atoms with E-state index in [1.807, 2.05) is 20.8 Å². The van der Waals surface area contributed by atoms with E-state index in [9.17, 15) is 9.59 Å². The maximum absolute atomic E-state index is 13.0. The summed E-state index contributed by atoms with van der Waals surface area (Å²) in [6.45, 7) is 6.93. The summed E-state index contributed by atoms with van der Waals surface area (Å²) in [5, 5.41) is 9.04. The molecule has 1 aromatic rings. The van der Waals surface area contributed by atoms with Crippen molar-refractivity contribution in [2.45, 2.75) is 65.1 Å². The van der Waals surface area contributed by atoms with E-state index in [-0.39, 0.29) is 25.4 Å². The van der Waals surface area contributed by atoms with Crippen LogP contribution in [0.3, 0.4) is 0 Å². The Morgan fingerprint density at radius 3 is 2.17 bits per heavy atom. The van der Waals surface area contributed by atoms with Gasteiger partial charge in [-0.15, -0.1) is 0 Å². The van der Waals surface area contributed by atoms with Crippen molar-refractivity contribution < 1.29 is 28.9 Å². The zero-order valence-corrected chi connectivity index (χ0v) is 17.7. The summed E-state index contributed by atoms with van der Waals surface area (Å²) < 4.78 is 16.8. The van der Waals surface area contributed by atoms with Gasteiger partial charge in [-0.3, -0.25) is 9.59 Å². The molecule has 160 valence electrons. The summed E-state index contributed by atoms with van der Waals surface area (Å²) in [7, 11) is 0. The van der Waals surface area contributed by atoms with Gasteiger partial charge in [0.05, 0.1) is 25.2 Å². The van der Waals surface area contributed by atoms with Gasteiger partial charge in [-0.1, -0.05) is 17.7 Å². The number of carbonyl (C=O) groups excluding carboxylic acids is 2. The van der Waals surface area contributed by atoms with Crippen LogP contribution >= 0.6 is 0 Å². The maximum Gasteiger partial charge on any atom is 0.312 e. The quantitative estimate of drug-likeness (QED) is 0.704. The van der Waals surface area contributed by atoms with Gasteiger partial charge in [-0.05, 0) is 50.3 Å². The van der Waals surface area contributed by atoms with Crippen LogP contribution in [-0.2, 0) is 30.2 Å². The lowest BCUT2D eigenvalue weighted by Gasteiger charge is -2.41. The maximum atomic E-state index is 13.0. The van der Waals surface area contributed by atoms with Crippen molar-refractivity contribution in [1.82, 2.24) is 0 Å². The number of benzene rings is 1. The lowest BCUT2D eigenvalue weighted by atomic mass is 9.68. The number of rotatable bonds is 7.